The Labute approximate surface area is 262 Å². The van der Waals surface area contributed by atoms with Crippen LogP contribution in [0.25, 0.3) is 0 Å². The van der Waals surface area contributed by atoms with Gasteiger partial charge < -0.3 is 5.11 Å². The van der Waals surface area contributed by atoms with E-state index in [1.165, 1.54) is 31.3 Å². The second-order valence-corrected chi connectivity index (χ2v) is 18.4. The smallest absolute Gasteiger partial charge is 0.171 e. The molecule has 0 saturated heterocycles. The molecule has 0 aromatic heterocycles. The molecular formula is C40H60O3. The van der Waals surface area contributed by atoms with Gasteiger partial charge in [-0.1, -0.05) is 72.3 Å². The summed E-state index contributed by atoms with van der Waals surface area (Å²) in [6.07, 6.45) is 17.1. The van der Waals surface area contributed by atoms with Crippen molar-refractivity contribution in [1.82, 2.24) is 0 Å². The van der Waals surface area contributed by atoms with Crippen LogP contribution in [0.4, 0.5) is 0 Å². The summed E-state index contributed by atoms with van der Waals surface area (Å²) in [5.41, 5.74) is 2.06. The Morgan fingerprint density at radius 1 is 0.930 bits per heavy atom. The highest BCUT2D eigenvalue weighted by Crippen LogP contribution is 2.68. The molecule has 5 saturated carbocycles. The fourth-order valence-electron chi connectivity index (χ4n) is 12.7. The first kappa shape index (κ1) is 31.5. The maximum Gasteiger partial charge on any atom is 0.171 e. The molecule has 0 bridgehead atoms. The average Bonchev–Trinajstić information content (AvgIpc) is 2.95. The number of carbonyl (C=O) groups excluding carboxylic acids is 2. The number of ketones is 2. The second-order valence-electron chi connectivity index (χ2n) is 18.4. The van der Waals surface area contributed by atoms with Crippen molar-refractivity contribution in [1.29, 1.82) is 0 Å². The molecule has 3 heteroatoms. The summed E-state index contributed by atoms with van der Waals surface area (Å²) in [5, 5.41) is 11.9. The molecule has 0 aromatic carbocycles. The standard InChI is InChI=1S/C40H60O3/c1-10-36(5)20-21-39(8)27(24-36)14-19-38(7)25(2)32(41)28(22-31(38)39)33(42)34(43)37(6)18-15-29-26(23-37)12-13-30-35(3,4)16-11-17-40(29,30)9/h10,23,27-31,33,42H,1-2,11-22,24H2,3-9H3/t27-,28-,29-,30-,31-,33-,36-,37+,38+,39-,40+/m1/s1. The minimum absolute atomic E-state index is 0.0595. The van der Waals surface area contributed by atoms with E-state index in [2.05, 4.69) is 66.9 Å². The monoisotopic (exact) mass is 588 g/mol. The number of hydrogen-bond acceptors (Lipinski definition) is 3. The highest BCUT2D eigenvalue weighted by atomic mass is 16.3. The van der Waals surface area contributed by atoms with E-state index >= 15 is 0 Å². The SMILES string of the molecule is C=C[C@]1(C)CC[C@]2(C)[C@H](CC[C@@]3(C)C(=C)C(=O)[C@H]([C@@H](O)C(=O)[C@]4(C)C=C5CC[C@@H]6C(C)(C)CCC[C@@]6(C)[C@@H]5CC4)C[C@@H]23)C1. The van der Waals surface area contributed by atoms with Crippen LogP contribution in [0.1, 0.15) is 132 Å². The molecule has 0 radical (unpaired) electrons. The molecule has 238 valence electrons. The van der Waals surface area contributed by atoms with Crippen LogP contribution in [-0.2, 0) is 9.59 Å². The molecule has 0 unspecified atom stereocenters. The third-order valence-electron chi connectivity index (χ3n) is 15.7. The molecule has 11 atom stereocenters. The summed E-state index contributed by atoms with van der Waals surface area (Å²) in [7, 11) is 0. The molecule has 0 spiro atoms. The van der Waals surface area contributed by atoms with Crippen LogP contribution in [0, 0.1) is 62.1 Å². The zero-order chi connectivity index (χ0) is 31.4. The number of Topliss-reactive ketones (excluding diaryl/α,β-unsaturated/α-hetero) is 2. The summed E-state index contributed by atoms with van der Waals surface area (Å²) in [6, 6.07) is 0. The lowest BCUT2D eigenvalue weighted by molar-refractivity contribution is -0.154. The van der Waals surface area contributed by atoms with E-state index in [4.69, 9.17) is 0 Å². The number of aliphatic hydroxyl groups is 1. The van der Waals surface area contributed by atoms with Crippen molar-refractivity contribution in [3.63, 3.8) is 0 Å². The van der Waals surface area contributed by atoms with Crippen molar-refractivity contribution >= 4 is 11.6 Å². The molecule has 0 heterocycles. The van der Waals surface area contributed by atoms with Crippen molar-refractivity contribution in [2.24, 2.45) is 62.1 Å². The largest absolute Gasteiger partial charge is 0.385 e. The predicted molar refractivity (Wildman–Crippen MR) is 175 cm³/mol. The first-order chi connectivity index (χ1) is 19.9. The Morgan fingerprint density at radius 2 is 1.65 bits per heavy atom. The Morgan fingerprint density at radius 3 is 2.35 bits per heavy atom. The normalized spacial score (nSPS) is 49.9. The lowest BCUT2D eigenvalue weighted by atomic mass is 9.41. The second kappa shape index (κ2) is 10.0. The van der Waals surface area contributed by atoms with Gasteiger partial charge in [-0.15, -0.1) is 6.58 Å². The van der Waals surface area contributed by atoms with Gasteiger partial charge in [0.25, 0.3) is 0 Å². The molecule has 0 amide bonds. The third-order valence-corrected chi connectivity index (χ3v) is 15.7. The molecule has 3 nitrogen and oxygen atoms in total. The molecule has 6 aliphatic carbocycles. The molecule has 1 N–H and O–H groups in total. The van der Waals surface area contributed by atoms with Crippen LogP contribution in [0.15, 0.2) is 36.5 Å². The zero-order valence-corrected chi connectivity index (χ0v) is 28.5. The van der Waals surface area contributed by atoms with E-state index in [0.29, 0.717) is 34.7 Å². The van der Waals surface area contributed by atoms with Gasteiger partial charge in [0, 0.05) is 5.41 Å². The van der Waals surface area contributed by atoms with Crippen molar-refractivity contribution in [3.8, 4) is 0 Å². The number of hydrogen-bond donors (Lipinski definition) is 1. The number of aliphatic hydroxyl groups excluding tert-OH is 1. The van der Waals surface area contributed by atoms with Crippen molar-refractivity contribution in [2.75, 3.05) is 0 Å². The number of allylic oxidation sites excluding steroid dienone is 4. The van der Waals surface area contributed by atoms with Gasteiger partial charge in [-0.25, -0.2) is 0 Å². The molecule has 43 heavy (non-hydrogen) atoms. The van der Waals surface area contributed by atoms with E-state index in [1.54, 1.807) is 0 Å². The fourth-order valence-corrected chi connectivity index (χ4v) is 12.7. The topological polar surface area (TPSA) is 54.4 Å². The molecule has 0 aliphatic heterocycles. The highest BCUT2D eigenvalue weighted by molar-refractivity contribution is 6.03. The van der Waals surface area contributed by atoms with Gasteiger partial charge >= 0.3 is 0 Å². The van der Waals surface area contributed by atoms with Gasteiger partial charge in [-0.3, -0.25) is 9.59 Å². The first-order valence-electron chi connectivity index (χ1n) is 17.8. The van der Waals surface area contributed by atoms with Crippen LogP contribution in [0.5, 0.6) is 0 Å². The van der Waals surface area contributed by atoms with Gasteiger partial charge in [-0.2, -0.15) is 0 Å². The number of carbonyl (C=O) groups is 2. The minimum atomic E-state index is -1.27. The van der Waals surface area contributed by atoms with Crippen LogP contribution < -0.4 is 0 Å². The summed E-state index contributed by atoms with van der Waals surface area (Å²) < 4.78 is 0. The maximum atomic E-state index is 14.4. The fraction of sp³-hybridized carbons (Fsp3) is 0.800. The lowest BCUT2D eigenvalue weighted by Crippen LogP contribution is -2.59. The maximum absolute atomic E-state index is 14.4. The van der Waals surface area contributed by atoms with E-state index in [-0.39, 0.29) is 33.7 Å². The molecule has 5 fully saturated rings. The van der Waals surface area contributed by atoms with Crippen LogP contribution >= 0.6 is 0 Å². The van der Waals surface area contributed by atoms with E-state index in [9.17, 15) is 14.7 Å². The molecular weight excluding hydrogens is 528 g/mol. The van der Waals surface area contributed by atoms with E-state index < -0.39 is 17.4 Å². The van der Waals surface area contributed by atoms with Gasteiger partial charge in [0.2, 0.25) is 0 Å². The lowest BCUT2D eigenvalue weighted by Gasteiger charge is -2.63. The number of fused-ring (bicyclic) bond motifs is 6. The van der Waals surface area contributed by atoms with Crippen molar-refractivity contribution in [2.45, 2.75) is 138 Å². The highest BCUT2D eigenvalue weighted by Gasteiger charge is 2.62. The minimum Gasteiger partial charge on any atom is -0.385 e. The van der Waals surface area contributed by atoms with E-state index in [1.807, 2.05) is 6.92 Å². The number of rotatable bonds is 4. The summed E-state index contributed by atoms with van der Waals surface area (Å²) >= 11 is 0. The Kier molecular flexibility index (Phi) is 7.33. The Hall–Kier alpha value is -1.48. The zero-order valence-electron chi connectivity index (χ0n) is 28.5. The Balaban J connectivity index is 1.25. The summed E-state index contributed by atoms with van der Waals surface area (Å²) in [6.45, 7) is 25.1. The van der Waals surface area contributed by atoms with Crippen molar-refractivity contribution < 1.29 is 14.7 Å². The van der Waals surface area contributed by atoms with Crippen molar-refractivity contribution in [3.05, 3.63) is 36.5 Å². The quantitative estimate of drug-likeness (QED) is 0.263. The van der Waals surface area contributed by atoms with Crippen LogP contribution in [0.2, 0.25) is 0 Å². The average molecular weight is 589 g/mol. The van der Waals surface area contributed by atoms with Gasteiger partial charge in [0.1, 0.15) is 6.10 Å². The van der Waals surface area contributed by atoms with Gasteiger partial charge in [0.05, 0.1) is 5.92 Å². The van der Waals surface area contributed by atoms with Crippen LogP contribution in [0.3, 0.4) is 0 Å². The molecule has 6 aliphatic rings. The first-order valence-corrected chi connectivity index (χ1v) is 17.8. The van der Waals surface area contributed by atoms with E-state index in [0.717, 1.165) is 57.3 Å². The Bertz CT molecular complexity index is 1260. The molecule has 0 aromatic rings. The molecule has 6 rings (SSSR count). The summed E-state index contributed by atoms with van der Waals surface area (Å²) in [4.78, 5) is 28.3. The summed E-state index contributed by atoms with van der Waals surface area (Å²) in [5.74, 6) is 1.20. The third kappa shape index (κ3) is 4.51. The van der Waals surface area contributed by atoms with Crippen LogP contribution in [-0.4, -0.2) is 22.8 Å². The van der Waals surface area contributed by atoms with Gasteiger partial charge in [0.15, 0.2) is 11.6 Å². The predicted octanol–water partition coefficient (Wildman–Crippen LogP) is 9.45. The van der Waals surface area contributed by atoms with Gasteiger partial charge in [-0.05, 0) is 140 Å².